The molecule has 9 heteroatoms. The quantitative estimate of drug-likeness (QED) is 0.589. The van der Waals surface area contributed by atoms with Crippen LogP contribution in [0.15, 0.2) is 42.5 Å². The number of carbonyl (C=O) groups is 1. The molecule has 0 radical (unpaired) electrons. The van der Waals surface area contributed by atoms with E-state index in [4.69, 9.17) is 0 Å². The molecule has 148 valence electrons. The fourth-order valence-corrected chi connectivity index (χ4v) is 4.65. The van der Waals surface area contributed by atoms with E-state index in [1.807, 2.05) is 13.0 Å². The van der Waals surface area contributed by atoms with Crippen LogP contribution in [0.2, 0.25) is 0 Å². The van der Waals surface area contributed by atoms with E-state index in [-0.39, 0.29) is 17.3 Å². The third-order valence-corrected chi connectivity index (χ3v) is 6.66. The summed E-state index contributed by atoms with van der Waals surface area (Å²) in [4.78, 5) is 22.6. The molecule has 28 heavy (non-hydrogen) atoms. The van der Waals surface area contributed by atoms with Gasteiger partial charge in [-0.25, -0.2) is 8.42 Å². The number of hydrogen-bond donors (Lipinski definition) is 1. The number of non-ortho nitro benzene ring substituents is 1. The largest absolute Gasteiger partial charge is 0.322 e. The van der Waals surface area contributed by atoms with E-state index in [0.717, 1.165) is 11.1 Å². The van der Waals surface area contributed by atoms with E-state index in [2.05, 4.69) is 5.32 Å². The summed E-state index contributed by atoms with van der Waals surface area (Å²) in [7, 11) is -3.28. The van der Waals surface area contributed by atoms with Gasteiger partial charge in [-0.15, -0.1) is 0 Å². The predicted molar refractivity (Wildman–Crippen MR) is 106 cm³/mol. The Morgan fingerprint density at radius 3 is 2.54 bits per heavy atom. The molecule has 1 heterocycles. The zero-order chi connectivity index (χ0) is 20.3. The van der Waals surface area contributed by atoms with Gasteiger partial charge in [0.2, 0.25) is 10.0 Å². The standard InChI is InChI=1S/C19H21N3O5S/c1-2-11-28(26,27)21-10-9-14-3-6-17(12-16(14)13-21)20-19(23)15-4-7-18(8-5-15)22(24)25/h3-8,12H,2,9-11,13H2,1H3,(H,20,23). The van der Waals surface area contributed by atoms with Gasteiger partial charge in [0.15, 0.2) is 0 Å². The fourth-order valence-electron chi connectivity index (χ4n) is 3.17. The summed E-state index contributed by atoms with van der Waals surface area (Å²) >= 11 is 0. The zero-order valence-corrected chi connectivity index (χ0v) is 16.2. The minimum atomic E-state index is -3.28. The predicted octanol–water partition coefficient (Wildman–Crippen LogP) is 2.95. The number of benzene rings is 2. The van der Waals surface area contributed by atoms with Crippen molar-refractivity contribution in [2.75, 3.05) is 17.6 Å². The maximum absolute atomic E-state index is 12.4. The van der Waals surface area contributed by atoms with Crippen LogP contribution < -0.4 is 5.32 Å². The first-order valence-electron chi connectivity index (χ1n) is 8.95. The minimum Gasteiger partial charge on any atom is -0.322 e. The Labute approximate surface area is 163 Å². The van der Waals surface area contributed by atoms with Gasteiger partial charge in [-0.05, 0) is 48.2 Å². The number of rotatable bonds is 6. The summed E-state index contributed by atoms with van der Waals surface area (Å²) in [6.45, 7) is 2.59. The van der Waals surface area contributed by atoms with E-state index in [1.165, 1.54) is 28.6 Å². The third kappa shape index (κ3) is 4.37. The van der Waals surface area contributed by atoms with Crippen molar-refractivity contribution in [2.45, 2.75) is 26.3 Å². The van der Waals surface area contributed by atoms with E-state index in [0.29, 0.717) is 37.2 Å². The van der Waals surface area contributed by atoms with Crippen LogP contribution in [0, 0.1) is 10.1 Å². The van der Waals surface area contributed by atoms with Gasteiger partial charge < -0.3 is 5.32 Å². The highest BCUT2D eigenvalue weighted by Gasteiger charge is 2.26. The van der Waals surface area contributed by atoms with Gasteiger partial charge in [0.05, 0.1) is 10.7 Å². The van der Waals surface area contributed by atoms with E-state index < -0.39 is 14.9 Å². The van der Waals surface area contributed by atoms with Crippen LogP contribution in [-0.4, -0.2) is 35.9 Å². The number of nitro benzene ring substituents is 1. The summed E-state index contributed by atoms with van der Waals surface area (Å²) in [5.74, 6) is -0.264. The average Bonchev–Trinajstić information content (AvgIpc) is 2.67. The number of hydrogen-bond acceptors (Lipinski definition) is 5. The molecule has 0 spiro atoms. The van der Waals surface area contributed by atoms with Crippen LogP contribution in [-0.2, 0) is 23.0 Å². The van der Waals surface area contributed by atoms with Crippen LogP contribution in [0.5, 0.6) is 0 Å². The highest BCUT2D eigenvalue weighted by molar-refractivity contribution is 7.89. The molecular weight excluding hydrogens is 382 g/mol. The number of carbonyl (C=O) groups excluding carboxylic acids is 1. The van der Waals surface area contributed by atoms with Crippen molar-refractivity contribution in [3.05, 3.63) is 69.3 Å². The van der Waals surface area contributed by atoms with E-state index in [1.54, 1.807) is 12.1 Å². The molecule has 0 saturated carbocycles. The lowest BCUT2D eigenvalue weighted by Crippen LogP contribution is -2.37. The summed E-state index contributed by atoms with van der Waals surface area (Å²) in [6.07, 6.45) is 1.20. The van der Waals surface area contributed by atoms with Crippen LogP contribution in [0.4, 0.5) is 11.4 Å². The second kappa shape index (κ2) is 8.07. The van der Waals surface area contributed by atoms with Crippen molar-refractivity contribution < 1.29 is 18.1 Å². The van der Waals surface area contributed by atoms with E-state index in [9.17, 15) is 23.3 Å². The minimum absolute atomic E-state index is 0.0845. The molecule has 0 aromatic heterocycles. The zero-order valence-electron chi connectivity index (χ0n) is 15.4. The number of sulfonamides is 1. The summed E-state index contributed by atoms with van der Waals surface area (Å²) in [6, 6.07) is 10.8. The molecule has 1 aliphatic rings. The molecule has 0 fully saturated rings. The molecule has 0 atom stereocenters. The molecule has 0 aliphatic carbocycles. The molecule has 0 unspecified atom stereocenters. The topological polar surface area (TPSA) is 110 Å². The highest BCUT2D eigenvalue weighted by Crippen LogP contribution is 2.25. The maximum Gasteiger partial charge on any atom is 0.269 e. The number of amides is 1. The number of nitro groups is 1. The second-order valence-corrected chi connectivity index (χ2v) is 8.73. The number of fused-ring (bicyclic) bond motifs is 1. The first-order valence-corrected chi connectivity index (χ1v) is 10.6. The van der Waals surface area contributed by atoms with Crippen molar-refractivity contribution in [3.8, 4) is 0 Å². The highest BCUT2D eigenvalue weighted by atomic mass is 32.2. The van der Waals surface area contributed by atoms with E-state index >= 15 is 0 Å². The van der Waals surface area contributed by atoms with Crippen molar-refractivity contribution >= 4 is 27.3 Å². The van der Waals surface area contributed by atoms with Gasteiger partial charge in [-0.1, -0.05) is 13.0 Å². The van der Waals surface area contributed by atoms with Crippen molar-refractivity contribution in [1.29, 1.82) is 0 Å². The van der Waals surface area contributed by atoms with Crippen LogP contribution in [0.1, 0.15) is 34.8 Å². The molecule has 2 aromatic rings. The summed E-state index contributed by atoms with van der Waals surface area (Å²) in [5.41, 5.74) is 2.70. The molecule has 0 bridgehead atoms. The van der Waals surface area contributed by atoms with Gasteiger partial charge >= 0.3 is 0 Å². The van der Waals surface area contributed by atoms with Crippen LogP contribution in [0.3, 0.4) is 0 Å². The summed E-state index contributed by atoms with van der Waals surface area (Å²) in [5, 5.41) is 13.5. The Morgan fingerprint density at radius 2 is 1.89 bits per heavy atom. The monoisotopic (exact) mass is 403 g/mol. The Balaban J connectivity index is 1.75. The molecule has 8 nitrogen and oxygen atoms in total. The fraction of sp³-hybridized carbons (Fsp3) is 0.316. The molecule has 2 aromatic carbocycles. The third-order valence-electron chi connectivity index (χ3n) is 4.64. The summed E-state index contributed by atoms with van der Waals surface area (Å²) < 4.78 is 26.1. The molecule has 1 aliphatic heterocycles. The first-order chi connectivity index (χ1) is 13.3. The molecule has 3 rings (SSSR count). The van der Waals surface area contributed by atoms with Gasteiger partial charge in [-0.2, -0.15) is 4.31 Å². The second-order valence-electron chi connectivity index (χ2n) is 6.64. The Morgan fingerprint density at radius 1 is 1.18 bits per heavy atom. The molecule has 0 saturated heterocycles. The first kappa shape index (κ1) is 20.0. The number of nitrogens with zero attached hydrogens (tertiary/aromatic N) is 2. The molecule has 1 N–H and O–H groups in total. The average molecular weight is 403 g/mol. The molecular formula is C19H21N3O5S. The Kier molecular flexibility index (Phi) is 5.76. The van der Waals surface area contributed by atoms with Gasteiger partial charge in [0, 0.05) is 36.5 Å². The lowest BCUT2D eigenvalue weighted by Gasteiger charge is -2.28. The van der Waals surface area contributed by atoms with Gasteiger partial charge in [0.1, 0.15) is 0 Å². The smallest absolute Gasteiger partial charge is 0.269 e. The van der Waals surface area contributed by atoms with Crippen molar-refractivity contribution in [2.24, 2.45) is 0 Å². The normalized spacial score (nSPS) is 14.3. The van der Waals surface area contributed by atoms with Gasteiger partial charge in [-0.3, -0.25) is 14.9 Å². The maximum atomic E-state index is 12.4. The van der Waals surface area contributed by atoms with Crippen molar-refractivity contribution in [1.82, 2.24) is 4.31 Å². The lowest BCUT2D eigenvalue weighted by molar-refractivity contribution is -0.384. The van der Waals surface area contributed by atoms with Gasteiger partial charge in [0.25, 0.3) is 11.6 Å². The Hall–Kier alpha value is -2.78. The number of anilines is 1. The lowest BCUT2D eigenvalue weighted by atomic mass is 10.0. The number of nitrogens with one attached hydrogen (secondary N) is 1. The SMILES string of the molecule is CCCS(=O)(=O)N1CCc2ccc(NC(=O)c3ccc([N+](=O)[O-])cc3)cc2C1. The van der Waals surface area contributed by atoms with Crippen LogP contribution >= 0.6 is 0 Å². The molecule has 1 amide bonds. The Bertz CT molecular complexity index is 1000. The van der Waals surface area contributed by atoms with Crippen LogP contribution in [0.25, 0.3) is 0 Å². The van der Waals surface area contributed by atoms with Crippen molar-refractivity contribution in [3.63, 3.8) is 0 Å².